The normalized spacial score (nSPS) is 20.6. The molecule has 6 rings (SSSR count). The summed E-state index contributed by atoms with van der Waals surface area (Å²) in [5.41, 5.74) is 5.62. The highest BCUT2D eigenvalue weighted by Gasteiger charge is 2.42. The van der Waals surface area contributed by atoms with Crippen molar-refractivity contribution in [3.63, 3.8) is 0 Å². The Bertz CT molecular complexity index is 1330. The van der Waals surface area contributed by atoms with Gasteiger partial charge in [-0.2, -0.15) is 0 Å². The number of carboxylic acid groups (broad SMARTS) is 1. The second kappa shape index (κ2) is 7.27. The number of carboxylic acids is 1. The van der Waals surface area contributed by atoms with Crippen molar-refractivity contribution in [3.05, 3.63) is 100 Å². The Hall–Kier alpha value is -3.99. The van der Waals surface area contributed by atoms with Crippen LogP contribution in [0.25, 0.3) is 6.08 Å². The summed E-state index contributed by atoms with van der Waals surface area (Å²) in [6.45, 7) is 0. The molecule has 1 saturated carbocycles. The van der Waals surface area contributed by atoms with E-state index in [0.717, 1.165) is 36.2 Å². The van der Waals surface area contributed by atoms with E-state index in [1.165, 1.54) is 5.56 Å². The molecule has 0 amide bonds. The van der Waals surface area contributed by atoms with Gasteiger partial charge in [0, 0.05) is 34.5 Å². The van der Waals surface area contributed by atoms with E-state index in [9.17, 15) is 19.5 Å². The number of ketones is 2. The lowest BCUT2D eigenvalue weighted by Gasteiger charge is -2.27. The number of aromatic carboxylic acids is 1. The second-order valence-electron chi connectivity index (χ2n) is 8.91. The molecule has 0 saturated heterocycles. The fourth-order valence-corrected chi connectivity index (χ4v) is 5.64. The lowest BCUT2D eigenvalue weighted by Crippen LogP contribution is -2.26. The third-order valence-electron chi connectivity index (χ3n) is 7.13. The molecule has 0 bridgehead atoms. The summed E-state index contributed by atoms with van der Waals surface area (Å²) in [7, 11) is 0. The van der Waals surface area contributed by atoms with Gasteiger partial charge < -0.3 is 10.0 Å². The maximum atomic E-state index is 12.8. The monoisotopic (exact) mass is 435 g/mol. The van der Waals surface area contributed by atoms with Gasteiger partial charge in [0.1, 0.15) is 0 Å². The van der Waals surface area contributed by atoms with Crippen molar-refractivity contribution in [2.75, 3.05) is 4.90 Å². The maximum absolute atomic E-state index is 12.8. The van der Waals surface area contributed by atoms with Gasteiger partial charge in [-0.05, 0) is 66.4 Å². The number of nitrogens with zero attached hydrogens (tertiary/aromatic N) is 1. The van der Waals surface area contributed by atoms with Crippen molar-refractivity contribution in [1.29, 1.82) is 0 Å². The largest absolute Gasteiger partial charge is 0.478 e. The van der Waals surface area contributed by atoms with E-state index in [0.29, 0.717) is 23.1 Å². The first-order chi connectivity index (χ1) is 16.0. The molecule has 162 valence electrons. The fourth-order valence-electron chi connectivity index (χ4n) is 5.64. The molecule has 3 aromatic carbocycles. The minimum absolute atomic E-state index is 0.213. The van der Waals surface area contributed by atoms with Gasteiger partial charge in [0.2, 0.25) is 0 Å². The predicted molar refractivity (Wildman–Crippen MR) is 125 cm³/mol. The molecule has 2 atom stereocenters. The van der Waals surface area contributed by atoms with Gasteiger partial charge in [-0.3, -0.25) is 9.59 Å². The molecule has 0 spiro atoms. The first-order valence-corrected chi connectivity index (χ1v) is 11.2. The zero-order valence-electron chi connectivity index (χ0n) is 17.8. The fraction of sp³-hybridized carbons (Fsp3) is 0.179. The van der Waals surface area contributed by atoms with E-state index in [1.54, 1.807) is 42.5 Å². The first kappa shape index (κ1) is 19.7. The molecule has 3 aromatic rings. The van der Waals surface area contributed by atoms with Crippen molar-refractivity contribution < 1.29 is 19.5 Å². The summed E-state index contributed by atoms with van der Waals surface area (Å²) in [6.07, 6.45) is 5.02. The van der Waals surface area contributed by atoms with Crippen LogP contribution in [-0.4, -0.2) is 28.7 Å². The van der Waals surface area contributed by atoms with Crippen LogP contribution in [0, 0.1) is 0 Å². The van der Waals surface area contributed by atoms with Crippen LogP contribution in [0.15, 0.2) is 72.3 Å². The maximum Gasteiger partial charge on any atom is 0.335 e. The van der Waals surface area contributed by atoms with Gasteiger partial charge in [0.15, 0.2) is 11.6 Å². The molecule has 2 unspecified atom stereocenters. The number of carbonyl (C=O) groups is 3. The minimum Gasteiger partial charge on any atom is -0.478 e. The smallest absolute Gasteiger partial charge is 0.335 e. The van der Waals surface area contributed by atoms with E-state index < -0.39 is 5.97 Å². The second-order valence-corrected chi connectivity index (χ2v) is 8.91. The molecule has 1 aliphatic heterocycles. The van der Waals surface area contributed by atoms with Crippen molar-refractivity contribution in [1.82, 2.24) is 0 Å². The molecule has 3 aliphatic rings. The summed E-state index contributed by atoms with van der Waals surface area (Å²) in [5, 5.41) is 9.22. The van der Waals surface area contributed by atoms with Crippen molar-refractivity contribution >= 4 is 35.0 Å². The summed E-state index contributed by atoms with van der Waals surface area (Å²) >= 11 is 0. The van der Waals surface area contributed by atoms with Crippen LogP contribution in [0.1, 0.15) is 67.4 Å². The van der Waals surface area contributed by atoms with E-state index in [1.807, 2.05) is 18.2 Å². The lowest BCUT2D eigenvalue weighted by molar-refractivity contribution is 0.0696. The average molecular weight is 435 g/mol. The molecular formula is C28H21NO4. The van der Waals surface area contributed by atoms with Crippen LogP contribution in [-0.2, 0) is 0 Å². The standard InChI is InChI=1S/C28H21NO4/c30-26-20-4-1-2-5-21(20)27(31)23(26)15-16-8-13-25-22(14-16)19-6-3-7-24(19)29(25)18-11-9-17(10-12-18)28(32)33/h1-2,4-5,8-15,19,24H,3,6-7H2,(H,32,33). The number of fused-ring (bicyclic) bond motifs is 4. The Morgan fingerprint density at radius 1 is 0.909 bits per heavy atom. The van der Waals surface area contributed by atoms with Crippen LogP contribution in [0.2, 0.25) is 0 Å². The van der Waals surface area contributed by atoms with Crippen LogP contribution in [0.5, 0.6) is 0 Å². The predicted octanol–water partition coefficient (Wildman–Crippen LogP) is 5.64. The van der Waals surface area contributed by atoms with Gasteiger partial charge in [-0.1, -0.05) is 36.8 Å². The highest BCUT2D eigenvalue weighted by Crippen LogP contribution is 2.52. The SMILES string of the molecule is O=C(O)c1ccc(N2c3ccc(C=C4C(=O)c5ccccc5C4=O)cc3C3CCCC32)cc1. The lowest BCUT2D eigenvalue weighted by atomic mass is 9.95. The number of Topliss-reactive ketones (excluding diaryl/α,β-unsaturated/α-hetero) is 2. The van der Waals surface area contributed by atoms with E-state index in [4.69, 9.17) is 0 Å². The zero-order chi connectivity index (χ0) is 22.7. The molecule has 5 nitrogen and oxygen atoms in total. The van der Waals surface area contributed by atoms with E-state index >= 15 is 0 Å². The van der Waals surface area contributed by atoms with Crippen molar-refractivity contribution in [3.8, 4) is 0 Å². The van der Waals surface area contributed by atoms with Gasteiger partial charge in [-0.25, -0.2) is 4.79 Å². The topological polar surface area (TPSA) is 74.7 Å². The molecular weight excluding hydrogens is 414 g/mol. The summed E-state index contributed by atoms with van der Waals surface area (Å²) in [5.74, 6) is -0.979. The van der Waals surface area contributed by atoms with E-state index in [-0.39, 0.29) is 22.7 Å². The molecule has 1 N–H and O–H groups in total. The molecule has 5 heteroatoms. The van der Waals surface area contributed by atoms with Crippen molar-refractivity contribution in [2.24, 2.45) is 0 Å². The van der Waals surface area contributed by atoms with Gasteiger partial charge >= 0.3 is 5.97 Å². The third-order valence-corrected chi connectivity index (χ3v) is 7.13. The molecule has 0 radical (unpaired) electrons. The Balaban J connectivity index is 1.39. The number of allylic oxidation sites excluding steroid dienone is 1. The van der Waals surface area contributed by atoms with Crippen LogP contribution < -0.4 is 4.90 Å². The number of benzene rings is 3. The number of anilines is 2. The van der Waals surface area contributed by atoms with Crippen LogP contribution >= 0.6 is 0 Å². The molecule has 33 heavy (non-hydrogen) atoms. The zero-order valence-corrected chi connectivity index (χ0v) is 17.8. The van der Waals surface area contributed by atoms with Gasteiger partial charge in [-0.15, -0.1) is 0 Å². The Morgan fingerprint density at radius 3 is 2.27 bits per heavy atom. The number of rotatable bonds is 3. The number of hydrogen-bond donors (Lipinski definition) is 1. The highest BCUT2D eigenvalue weighted by molar-refractivity contribution is 6.41. The van der Waals surface area contributed by atoms with Crippen LogP contribution in [0.4, 0.5) is 11.4 Å². The average Bonchev–Trinajstić information content (AvgIpc) is 3.48. The summed E-state index contributed by atoms with van der Waals surface area (Å²) < 4.78 is 0. The van der Waals surface area contributed by atoms with Crippen LogP contribution in [0.3, 0.4) is 0 Å². The summed E-state index contributed by atoms with van der Waals surface area (Å²) in [6, 6.07) is 20.5. The molecule has 0 aromatic heterocycles. The first-order valence-electron chi connectivity index (χ1n) is 11.2. The number of carbonyl (C=O) groups excluding carboxylic acids is 2. The van der Waals surface area contributed by atoms with Gasteiger partial charge in [0.05, 0.1) is 11.1 Å². The Morgan fingerprint density at radius 2 is 1.61 bits per heavy atom. The third kappa shape index (κ3) is 2.96. The number of hydrogen-bond acceptors (Lipinski definition) is 4. The Kier molecular flexibility index (Phi) is 4.34. The Labute approximate surface area is 191 Å². The van der Waals surface area contributed by atoms with Crippen molar-refractivity contribution in [2.45, 2.75) is 31.2 Å². The molecule has 1 fully saturated rings. The van der Waals surface area contributed by atoms with Gasteiger partial charge in [0.25, 0.3) is 0 Å². The molecule has 1 heterocycles. The quantitative estimate of drug-likeness (QED) is 0.426. The summed E-state index contributed by atoms with van der Waals surface area (Å²) in [4.78, 5) is 39.2. The minimum atomic E-state index is -0.932. The van der Waals surface area contributed by atoms with E-state index in [2.05, 4.69) is 17.0 Å². The molecule has 2 aliphatic carbocycles. The highest BCUT2D eigenvalue weighted by atomic mass is 16.4.